The summed E-state index contributed by atoms with van der Waals surface area (Å²) in [4.78, 5) is 36.1. The zero-order valence-electron chi connectivity index (χ0n) is 19.0. The van der Waals surface area contributed by atoms with E-state index in [2.05, 4.69) is 25.8 Å². The minimum atomic E-state index is -0.366. The summed E-state index contributed by atoms with van der Waals surface area (Å²) in [6.45, 7) is 4.43. The predicted octanol–water partition coefficient (Wildman–Crippen LogP) is 4.30. The highest BCUT2D eigenvalue weighted by molar-refractivity contribution is 7.98. The van der Waals surface area contributed by atoms with Crippen LogP contribution in [0.25, 0.3) is 11.4 Å². The van der Waals surface area contributed by atoms with Crippen molar-refractivity contribution in [3.8, 4) is 11.4 Å². The molecule has 1 aliphatic heterocycles. The maximum absolute atomic E-state index is 12.4. The molecule has 0 atom stereocenters. The van der Waals surface area contributed by atoms with Gasteiger partial charge in [0.1, 0.15) is 5.82 Å². The smallest absolute Gasteiger partial charge is 0.323 e. The summed E-state index contributed by atoms with van der Waals surface area (Å²) < 4.78 is 5.46. The first-order chi connectivity index (χ1) is 16.5. The number of hydrogen-bond donors (Lipinski definition) is 3. The highest BCUT2D eigenvalue weighted by Crippen LogP contribution is 2.29. The Labute approximate surface area is 202 Å². The van der Waals surface area contributed by atoms with Crippen LogP contribution in [0, 0.1) is 0 Å². The first kappa shape index (κ1) is 23.5. The molecule has 3 amide bonds. The summed E-state index contributed by atoms with van der Waals surface area (Å²) >= 11 is 1.63. The van der Waals surface area contributed by atoms with Crippen LogP contribution in [0.1, 0.15) is 6.92 Å². The Bertz CT molecular complexity index is 1150. The Hall–Kier alpha value is -3.63. The van der Waals surface area contributed by atoms with Gasteiger partial charge in [0.05, 0.1) is 18.1 Å². The van der Waals surface area contributed by atoms with Crippen molar-refractivity contribution in [2.45, 2.75) is 11.8 Å². The second-order valence-corrected chi connectivity index (χ2v) is 8.45. The van der Waals surface area contributed by atoms with Gasteiger partial charge in [-0.2, -0.15) is 0 Å². The van der Waals surface area contributed by atoms with E-state index in [1.807, 2.05) is 36.7 Å². The van der Waals surface area contributed by atoms with Crippen LogP contribution < -0.4 is 20.9 Å². The quantitative estimate of drug-likeness (QED) is 0.453. The molecule has 10 heteroatoms. The van der Waals surface area contributed by atoms with Crippen LogP contribution in [0.4, 0.5) is 27.7 Å². The Morgan fingerprint density at radius 3 is 2.03 bits per heavy atom. The number of carbonyl (C=O) groups excluding carboxylic acids is 2. The topological polar surface area (TPSA) is 108 Å². The highest BCUT2D eigenvalue weighted by Gasteiger charge is 2.18. The molecule has 1 aliphatic rings. The number of urea groups is 1. The van der Waals surface area contributed by atoms with E-state index in [4.69, 9.17) is 9.72 Å². The van der Waals surface area contributed by atoms with Crippen molar-refractivity contribution in [3.05, 3.63) is 54.7 Å². The van der Waals surface area contributed by atoms with Crippen LogP contribution >= 0.6 is 11.8 Å². The molecule has 1 saturated heterocycles. The van der Waals surface area contributed by atoms with Gasteiger partial charge in [-0.1, -0.05) is 0 Å². The lowest BCUT2D eigenvalue weighted by molar-refractivity contribution is -0.114. The third-order valence-electron chi connectivity index (χ3n) is 5.13. The summed E-state index contributed by atoms with van der Waals surface area (Å²) in [5.74, 6) is 1.41. The zero-order valence-corrected chi connectivity index (χ0v) is 19.8. The minimum absolute atomic E-state index is 0.148. The molecule has 176 valence electrons. The Balaban J connectivity index is 1.41. The highest BCUT2D eigenvalue weighted by atomic mass is 32.2. The van der Waals surface area contributed by atoms with Gasteiger partial charge >= 0.3 is 6.03 Å². The maximum Gasteiger partial charge on any atom is 0.323 e. The molecule has 0 saturated carbocycles. The number of rotatable bonds is 6. The lowest BCUT2D eigenvalue weighted by atomic mass is 10.2. The molecule has 0 radical (unpaired) electrons. The average Bonchev–Trinajstić information content (AvgIpc) is 2.85. The summed E-state index contributed by atoms with van der Waals surface area (Å²) in [5.41, 5.74) is 2.78. The van der Waals surface area contributed by atoms with E-state index in [1.54, 1.807) is 36.0 Å². The molecule has 1 aromatic heterocycles. The second-order valence-electron chi connectivity index (χ2n) is 7.60. The Kier molecular flexibility index (Phi) is 7.61. The van der Waals surface area contributed by atoms with Gasteiger partial charge in [0.2, 0.25) is 5.91 Å². The fraction of sp³-hybridized carbons (Fsp3) is 0.250. The van der Waals surface area contributed by atoms with Gasteiger partial charge in [-0.25, -0.2) is 14.8 Å². The van der Waals surface area contributed by atoms with Crippen LogP contribution in [0.5, 0.6) is 0 Å². The fourth-order valence-electron chi connectivity index (χ4n) is 3.48. The fourth-order valence-corrected chi connectivity index (χ4v) is 4.00. The van der Waals surface area contributed by atoms with E-state index in [9.17, 15) is 9.59 Å². The number of ether oxygens (including phenoxy) is 1. The van der Waals surface area contributed by atoms with E-state index in [0.717, 1.165) is 29.4 Å². The number of aromatic nitrogens is 2. The average molecular weight is 479 g/mol. The molecule has 34 heavy (non-hydrogen) atoms. The lowest BCUT2D eigenvalue weighted by Crippen LogP contribution is -2.37. The van der Waals surface area contributed by atoms with E-state index in [1.165, 1.54) is 6.92 Å². The molecule has 0 spiro atoms. The van der Waals surface area contributed by atoms with E-state index < -0.39 is 0 Å². The maximum atomic E-state index is 12.4. The molecule has 0 unspecified atom stereocenters. The van der Waals surface area contributed by atoms with E-state index in [0.29, 0.717) is 36.1 Å². The molecular weight excluding hydrogens is 452 g/mol. The molecule has 4 rings (SSSR count). The molecule has 1 fully saturated rings. The van der Waals surface area contributed by atoms with E-state index >= 15 is 0 Å². The number of hydrogen-bond acceptors (Lipinski definition) is 7. The molecule has 9 nitrogen and oxygen atoms in total. The molecular formula is C24H26N6O3S. The number of morpholine rings is 1. The van der Waals surface area contributed by atoms with Gasteiger partial charge in [0.15, 0.2) is 5.82 Å². The normalized spacial score (nSPS) is 13.3. The number of amides is 3. The monoisotopic (exact) mass is 478 g/mol. The van der Waals surface area contributed by atoms with Gasteiger partial charge in [-0.3, -0.25) is 4.79 Å². The summed E-state index contributed by atoms with van der Waals surface area (Å²) in [6, 6.07) is 13.9. The van der Waals surface area contributed by atoms with Crippen LogP contribution in [-0.4, -0.2) is 54.5 Å². The molecule has 0 bridgehead atoms. The van der Waals surface area contributed by atoms with Crippen molar-refractivity contribution in [2.75, 3.05) is 53.4 Å². The van der Waals surface area contributed by atoms with Gasteiger partial charge in [-0.05, 0) is 54.8 Å². The summed E-state index contributed by atoms with van der Waals surface area (Å²) in [6.07, 6.45) is 3.87. The SMILES string of the molecule is CSc1cnc(-c2ccc(NC(=O)Nc3ccc(NC(C)=O)cc3)cc2)nc1N1CCOCC1. The van der Waals surface area contributed by atoms with Crippen LogP contribution in [0.15, 0.2) is 59.6 Å². The number of anilines is 4. The van der Waals surface area contributed by atoms with Gasteiger partial charge < -0.3 is 25.6 Å². The van der Waals surface area contributed by atoms with Crippen molar-refractivity contribution in [2.24, 2.45) is 0 Å². The minimum Gasteiger partial charge on any atom is -0.378 e. The molecule has 3 N–H and O–H groups in total. The van der Waals surface area contributed by atoms with Crippen molar-refractivity contribution in [1.29, 1.82) is 0 Å². The first-order valence-corrected chi connectivity index (χ1v) is 12.0. The molecule has 2 aromatic carbocycles. The molecule has 3 aromatic rings. The predicted molar refractivity (Wildman–Crippen MR) is 136 cm³/mol. The Morgan fingerprint density at radius 2 is 1.47 bits per heavy atom. The largest absolute Gasteiger partial charge is 0.378 e. The first-order valence-electron chi connectivity index (χ1n) is 10.8. The number of thioether (sulfide) groups is 1. The number of nitrogens with one attached hydrogen (secondary N) is 3. The summed E-state index contributed by atoms with van der Waals surface area (Å²) in [7, 11) is 0. The molecule has 0 aliphatic carbocycles. The van der Waals surface area contributed by atoms with Crippen LogP contribution in [0.2, 0.25) is 0 Å². The van der Waals surface area contributed by atoms with Crippen molar-refractivity contribution < 1.29 is 14.3 Å². The van der Waals surface area contributed by atoms with Crippen molar-refractivity contribution in [1.82, 2.24) is 9.97 Å². The third-order valence-corrected chi connectivity index (χ3v) is 5.86. The van der Waals surface area contributed by atoms with Crippen LogP contribution in [-0.2, 0) is 9.53 Å². The number of benzene rings is 2. The number of carbonyl (C=O) groups is 2. The van der Waals surface area contributed by atoms with E-state index in [-0.39, 0.29) is 11.9 Å². The Morgan fingerprint density at radius 1 is 0.912 bits per heavy atom. The third kappa shape index (κ3) is 6.03. The standard InChI is InChI=1S/C24H26N6O3S/c1-16(31)26-18-7-9-20(10-8-18)28-24(32)27-19-5-3-17(4-6-19)22-25-15-21(34-2)23(29-22)30-11-13-33-14-12-30/h3-10,15H,11-14H2,1-2H3,(H,26,31)(H2,27,28,32). The van der Waals surface area contributed by atoms with Crippen molar-refractivity contribution >= 4 is 46.6 Å². The number of nitrogens with zero attached hydrogens (tertiary/aromatic N) is 3. The lowest BCUT2D eigenvalue weighted by Gasteiger charge is -2.29. The second kappa shape index (κ2) is 11.0. The van der Waals surface area contributed by atoms with Crippen molar-refractivity contribution in [3.63, 3.8) is 0 Å². The zero-order chi connectivity index (χ0) is 23.9. The molecule has 2 heterocycles. The van der Waals surface area contributed by atoms with Gasteiger partial charge in [0, 0.05) is 48.8 Å². The van der Waals surface area contributed by atoms with Gasteiger partial charge in [0.25, 0.3) is 0 Å². The summed E-state index contributed by atoms with van der Waals surface area (Å²) in [5, 5.41) is 8.26. The van der Waals surface area contributed by atoms with Crippen LogP contribution in [0.3, 0.4) is 0 Å². The van der Waals surface area contributed by atoms with Gasteiger partial charge in [-0.15, -0.1) is 11.8 Å².